The van der Waals surface area contributed by atoms with Gasteiger partial charge in [-0.25, -0.2) is 9.97 Å². The van der Waals surface area contributed by atoms with Gasteiger partial charge in [-0.05, 0) is 18.9 Å². The Hall–Kier alpha value is -1.61. The molecule has 3 nitrogen and oxygen atoms in total. The first kappa shape index (κ1) is 14.8. The highest BCUT2D eigenvalue weighted by molar-refractivity contribution is 6.30. The van der Waals surface area contributed by atoms with Gasteiger partial charge in [-0.1, -0.05) is 55.8 Å². The molecule has 0 amide bonds. The molecule has 1 aromatic carbocycles. The topological polar surface area (TPSA) is 37.8 Å². The third kappa shape index (κ3) is 3.70. The standard InChI is InChI=1S/C16H20ClN3/c1-11(2)15-19-14(17)12(3)16(20-15)18-10-9-13-7-5-4-6-8-13/h4-8,11H,9-10H2,1-3H3,(H,18,19,20). The van der Waals surface area contributed by atoms with Crippen LogP contribution in [-0.2, 0) is 6.42 Å². The maximum Gasteiger partial charge on any atom is 0.137 e. The molecular weight excluding hydrogens is 270 g/mol. The molecule has 0 radical (unpaired) electrons. The second kappa shape index (κ2) is 6.71. The van der Waals surface area contributed by atoms with Crippen LogP contribution in [0.2, 0.25) is 5.15 Å². The van der Waals surface area contributed by atoms with Crippen molar-refractivity contribution in [3.8, 4) is 0 Å². The number of nitrogens with one attached hydrogen (secondary N) is 1. The molecule has 0 fully saturated rings. The van der Waals surface area contributed by atoms with E-state index < -0.39 is 0 Å². The number of halogens is 1. The van der Waals surface area contributed by atoms with E-state index >= 15 is 0 Å². The van der Waals surface area contributed by atoms with E-state index in [2.05, 4.69) is 53.4 Å². The molecule has 0 atom stereocenters. The van der Waals surface area contributed by atoms with Gasteiger partial charge in [0.1, 0.15) is 16.8 Å². The van der Waals surface area contributed by atoms with Gasteiger partial charge >= 0.3 is 0 Å². The molecular formula is C16H20ClN3. The number of benzene rings is 1. The first-order chi connectivity index (χ1) is 9.58. The van der Waals surface area contributed by atoms with Crippen LogP contribution in [0.3, 0.4) is 0 Å². The number of hydrogen-bond donors (Lipinski definition) is 1. The Kier molecular flexibility index (Phi) is 4.96. The summed E-state index contributed by atoms with van der Waals surface area (Å²) in [7, 11) is 0. The van der Waals surface area contributed by atoms with E-state index in [9.17, 15) is 0 Å². The summed E-state index contributed by atoms with van der Waals surface area (Å²) in [6, 6.07) is 10.4. The van der Waals surface area contributed by atoms with Gasteiger partial charge in [0, 0.05) is 18.0 Å². The second-order valence-electron chi connectivity index (χ2n) is 5.16. The summed E-state index contributed by atoms with van der Waals surface area (Å²) >= 11 is 6.17. The van der Waals surface area contributed by atoms with Crippen molar-refractivity contribution in [3.05, 3.63) is 52.4 Å². The van der Waals surface area contributed by atoms with Gasteiger partial charge in [0.2, 0.25) is 0 Å². The van der Waals surface area contributed by atoms with Crippen molar-refractivity contribution in [1.82, 2.24) is 9.97 Å². The molecule has 1 heterocycles. The van der Waals surface area contributed by atoms with Crippen molar-refractivity contribution >= 4 is 17.4 Å². The van der Waals surface area contributed by atoms with Crippen LogP contribution in [0.4, 0.5) is 5.82 Å². The Morgan fingerprint density at radius 3 is 2.50 bits per heavy atom. The van der Waals surface area contributed by atoms with Gasteiger partial charge in [0.25, 0.3) is 0 Å². The summed E-state index contributed by atoms with van der Waals surface area (Å²) in [5, 5.41) is 3.90. The fraction of sp³-hybridized carbons (Fsp3) is 0.375. The lowest BCUT2D eigenvalue weighted by Crippen LogP contribution is -2.11. The Morgan fingerprint density at radius 1 is 1.15 bits per heavy atom. The molecule has 0 saturated carbocycles. The molecule has 20 heavy (non-hydrogen) atoms. The normalized spacial score (nSPS) is 10.8. The van der Waals surface area contributed by atoms with Crippen LogP contribution in [0.5, 0.6) is 0 Å². The minimum Gasteiger partial charge on any atom is -0.369 e. The van der Waals surface area contributed by atoms with E-state index in [1.165, 1.54) is 5.56 Å². The highest BCUT2D eigenvalue weighted by atomic mass is 35.5. The second-order valence-corrected chi connectivity index (χ2v) is 5.52. The minimum absolute atomic E-state index is 0.266. The fourth-order valence-electron chi connectivity index (χ4n) is 1.91. The predicted octanol–water partition coefficient (Wildman–Crippen LogP) is 4.22. The van der Waals surface area contributed by atoms with Crippen molar-refractivity contribution in [1.29, 1.82) is 0 Å². The highest BCUT2D eigenvalue weighted by Gasteiger charge is 2.11. The van der Waals surface area contributed by atoms with E-state index in [1.807, 2.05) is 13.0 Å². The number of aromatic nitrogens is 2. The minimum atomic E-state index is 0.266. The average molecular weight is 290 g/mol. The van der Waals surface area contributed by atoms with Crippen molar-refractivity contribution < 1.29 is 0 Å². The molecule has 106 valence electrons. The lowest BCUT2D eigenvalue weighted by Gasteiger charge is -2.13. The van der Waals surface area contributed by atoms with E-state index in [4.69, 9.17) is 11.6 Å². The summed E-state index contributed by atoms with van der Waals surface area (Å²) in [5.74, 6) is 1.88. The Bertz CT molecular complexity index is 567. The zero-order chi connectivity index (χ0) is 14.5. The third-order valence-corrected chi connectivity index (χ3v) is 3.54. The van der Waals surface area contributed by atoms with Crippen LogP contribution >= 0.6 is 11.6 Å². The van der Waals surface area contributed by atoms with Gasteiger partial charge in [0.05, 0.1) is 0 Å². The number of nitrogens with zero attached hydrogens (tertiary/aromatic N) is 2. The molecule has 1 aromatic heterocycles. The fourth-order valence-corrected chi connectivity index (χ4v) is 2.08. The lowest BCUT2D eigenvalue weighted by molar-refractivity contribution is 0.771. The zero-order valence-electron chi connectivity index (χ0n) is 12.2. The highest BCUT2D eigenvalue weighted by Crippen LogP contribution is 2.22. The molecule has 0 unspecified atom stereocenters. The van der Waals surface area contributed by atoms with Gasteiger partial charge in [-0.15, -0.1) is 0 Å². The molecule has 0 aliphatic carbocycles. The molecule has 0 aliphatic rings. The van der Waals surface area contributed by atoms with Crippen molar-refractivity contribution in [3.63, 3.8) is 0 Å². The molecule has 1 N–H and O–H groups in total. The van der Waals surface area contributed by atoms with Gasteiger partial charge in [-0.3, -0.25) is 0 Å². The SMILES string of the molecule is Cc1c(Cl)nc(C(C)C)nc1NCCc1ccccc1. The lowest BCUT2D eigenvalue weighted by atomic mass is 10.1. The number of anilines is 1. The summed E-state index contributed by atoms with van der Waals surface area (Å²) in [6.45, 7) is 6.90. The number of hydrogen-bond acceptors (Lipinski definition) is 3. The van der Waals surface area contributed by atoms with Crippen molar-refractivity contribution in [2.24, 2.45) is 0 Å². The van der Waals surface area contributed by atoms with Crippen LogP contribution in [0.15, 0.2) is 30.3 Å². The summed E-state index contributed by atoms with van der Waals surface area (Å²) in [6.07, 6.45) is 0.957. The number of rotatable bonds is 5. The maximum absolute atomic E-state index is 6.17. The Balaban J connectivity index is 2.05. The largest absolute Gasteiger partial charge is 0.369 e. The van der Waals surface area contributed by atoms with E-state index in [0.717, 1.165) is 30.2 Å². The van der Waals surface area contributed by atoms with Gasteiger partial charge in [-0.2, -0.15) is 0 Å². The van der Waals surface area contributed by atoms with Crippen LogP contribution < -0.4 is 5.32 Å². The molecule has 0 aliphatic heterocycles. The van der Waals surface area contributed by atoms with Crippen LogP contribution in [0.25, 0.3) is 0 Å². The Labute approximate surface area is 125 Å². The molecule has 0 spiro atoms. The van der Waals surface area contributed by atoms with Crippen LogP contribution in [0, 0.1) is 6.92 Å². The van der Waals surface area contributed by atoms with Crippen LogP contribution in [0.1, 0.15) is 36.7 Å². The first-order valence-electron chi connectivity index (χ1n) is 6.89. The molecule has 4 heteroatoms. The van der Waals surface area contributed by atoms with Crippen LogP contribution in [-0.4, -0.2) is 16.5 Å². The summed E-state index contributed by atoms with van der Waals surface area (Å²) < 4.78 is 0. The third-order valence-electron chi connectivity index (χ3n) is 3.17. The van der Waals surface area contributed by atoms with E-state index in [1.54, 1.807) is 0 Å². The Morgan fingerprint density at radius 2 is 1.85 bits per heavy atom. The monoisotopic (exact) mass is 289 g/mol. The summed E-state index contributed by atoms with van der Waals surface area (Å²) in [5.41, 5.74) is 2.21. The van der Waals surface area contributed by atoms with Gasteiger partial charge in [0.15, 0.2) is 0 Å². The van der Waals surface area contributed by atoms with E-state index in [0.29, 0.717) is 5.15 Å². The first-order valence-corrected chi connectivity index (χ1v) is 7.27. The maximum atomic E-state index is 6.17. The summed E-state index contributed by atoms with van der Waals surface area (Å²) in [4.78, 5) is 8.87. The smallest absolute Gasteiger partial charge is 0.137 e. The molecule has 2 rings (SSSR count). The molecule has 2 aromatic rings. The van der Waals surface area contributed by atoms with Crippen molar-refractivity contribution in [2.75, 3.05) is 11.9 Å². The quantitative estimate of drug-likeness (QED) is 0.838. The average Bonchev–Trinajstić information content (AvgIpc) is 2.44. The van der Waals surface area contributed by atoms with E-state index in [-0.39, 0.29) is 5.92 Å². The molecule has 0 saturated heterocycles. The zero-order valence-corrected chi connectivity index (χ0v) is 12.9. The van der Waals surface area contributed by atoms with Gasteiger partial charge < -0.3 is 5.32 Å². The molecule has 0 bridgehead atoms. The van der Waals surface area contributed by atoms with Crippen molar-refractivity contribution in [2.45, 2.75) is 33.1 Å². The predicted molar refractivity (Wildman–Crippen MR) is 84.5 cm³/mol.